The minimum absolute atomic E-state index is 0.713. The van der Waals surface area contributed by atoms with E-state index in [1.807, 2.05) is 12.1 Å². The van der Waals surface area contributed by atoms with Crippen molar-refractivity contribution in [2.24, 2.45) is 4.99 Å². The molecule has 0 aromatic heterocycles. The van der Waals surface area contributed by atoms with Crippen LogP contribution in [0.4, 0.5) is 0 Å². The van der Waals surface area contributed by atoms with Crippen LogP contribution in [0.25, 0.3) is 0 Å². The quantitative estimate of drug-likeness (QED) is 0.739. The van der Waals surface area contributed by atoms with Crippen molar-refractivity contribution in [3.8, 4) is 0 Å². The monoisotopic (exact) mass is 239 g/mol. The fourth-order valence-electron chi connectivity index (χ4n) is 1.37. The highest BCUT2D eigenvalue weighted by Crippen LogP contribution is 2.18. The number of hydrogen-bond donors (Lipinski definition) is 0. The van der Waals surface area contributed by atoms with Crippen LogP contribution in [-0.4, -0.2) is 19.0 Å². The van der Waals surface area contributed by atoms with Gasteiger partial charge in [0.25, 0.3) is 0 Å². The van der Waals surface area contributed by atoms with Crippen molar-refractivity contribution in [2.75, 3.05) is 13.2 Å². The van der Waals surface area contributed by atoms with E-state index in [1.54, 1.807) is 0 Å². The fourth-order valence-corrected chi connectivity index (χ4v) is 1.84. The van der Waals surface area contributed by atoms with Crippen LogP contribution in [0.5, 0.6) is 0 Å². The molecule has 13 heavy (non-hydrogen) atoms. The fraction of sp³-hybridized carbons (Fsp3) is 0.300. The van der Waals surface area contributed by atoms with Crippen LogP contribution < -0.4 is 0 Å². The van der Waals surface area contributed by atoms with Gasteiger partial charge in [-0.05, 0) is 30.7 Å². The lowest BCUT2D eigenvalue weighted by Crippen LogP contribution is -2.03. The van der Waals surface area contributed by atoms with Crippen LogP contribution in [-0.2, 0) is 4.74 Å². The molecule has 0 amide bonds. The summed E-state index contributed by atoms with van der Waals surface area (Å²) >= 11 is 3.42. The van der Waals surface area contributed by atoms with E-state index in [0.717, 1.165) is 22.5 Å². The summed E-state index contributed by atoms with van der Waals surface area (Å²) in [4.78, 5) is 4.28. The van der Waals surface area contributed by atoms with Crippen LogP contribution >= 0.6 is 15.9 Å². The van der Waals surface area contributed by atoms with Crippen LogP contribution in [0.1, 0.15) is 11.1 Å². The zero-order valence-corrected chi connectivity index (χ0v) is 8.97. The van der Waals surface area contributed by atoms with Crippen molar-refractivity contribution < 1.29 is 4.74 Å². The number of benzene rings is 1. The molecule has 2 rings (SSSR count). The minimum atomic E-state index is 0.713. The van der Waals surface area contributed by atoms with Crippen molar-refractivity contribution in [1.82, 2.24) is 0 Å². The Morgan fingerprint density at radius 3 is 2.92 bits per heavy atom. The van der Waals surface area contributed by atoms with Crippen molar-refractivity contribution in [3.63, 3.8) is 0 Å². The largest absolute Gasteiger partial charge is 0.476 e. The van der Waals surface area contributed by atoms with Gasteiger partial charge in [0.05, 0.1) is 6.54 Å². The zero-order valence-electron chi connectivity index (χ0n) is 7.38. The maximum atomic E-state index is 5.39. The molecule has 0 fully saturated rings. The van der Waals surface area contributed by atoms with Gasteiger partial charge < -0.3 is 4.74 Å². The molecule has 0 spiro atoms. The molecule has 1 aliphatic rings. The lowest BCUT2D eigenvalue weighted by atomic mass is 10.1. The summed E-state index contributed by atoms with van der Waals surface area (Å²) in [5.74, 6) is 0.782. The SMILES string of the molecule is Cc1cc(Br)ccc1C1=NCCO1. The Bertz CT molecular complexity index is 360. The summed E-state index contributed by atoms with van der Waals surface area (Å²) in [5.41, 5.74) is 2.29. The van der Waals surface area contributed by atoms with Crippen molar-refractivity contribution in [1.29, 1.82) is 0 Å². The third-order valence-electron chi connectivity index (χ3n) is 2.00. The van der Waals surface area contributed by atoms with E-state index in [1.165, 1.54) is 5.56 Å². The van der Waals surface area contributed by atoms with Gasteiger partial charge >= 0.3 is 0 Å². The number of halogens is 1. The van der Waals surface area contributed by atoms with E-state index in [2.05, 4.69) is 33.9 Å². The van der Waals surface area contributed by atoms with Crippen LogP contribution in [0.15, 0.2) is 27.7 Å². The molecule has 0 radical (unpaired) electrons. The number of hydrogen-bond acceptors (Lipinski definition) is 2. The normalized spacial score (nSPS) is 15.4. The molecule has 0 unspecified atom stereocenters. The molecule has 0 N–H and O–H groups in total. The predicted molar refractivity (Wildman–Crippen MR) is 56.2 cm³/mol. The van der Waals surface area contributed by atoms with Crippen LogP contribution in [0.2, 0.25) is 0 Å². The summed E-state index contributed by atoms with van der Waals surface area (Å²) in [6.45, 7) is 3.56. The maximum absolute atomic E-state index is 5.39. The molecule has 0 bridgehead atoms. The Labute approximate surface area is 85.8 Å². The number of aliphatic imine (C=N–C) groups is 1. The van der Waals surface area contributed by atoms with E-state index in [0.29, 0.717) is 6.61 Å². The average molecular weight is 240 g/mol. The highest BCUT2D eigenvalue weighted by atomic mass is 79.9. The van der Waals surface area contributed by atoms with Gasteiger partial charge in [-0.3, -0.25) is 0 Å². The van der Waals surface area contributed by atoms with Crippen molar-refractivity contribution in [3.05, 3.63) is 33.8 Å². The summed E-state index contributed by atoms with van der Waals surface area (Å²) in [6.07, 6.45) is 0. The molecule has 1 heterocycles. The molecule has 0 aliphatic carbocycles. The first-order valence-electron chi connectivity index (χ1n) is 4.21. The maximum Gasteiger partial charge on any atom is 0.216 e. The molecular formula is C10H10BrNO. The molecule has 1 aromatic rings. The molecule has 3 heteroatoms. The zero-order chi connectivity index (χ0) is 9.26. The summed E-state index contributed by atoms with van der Waals surface area (Å²) in [7, 11) is 0. The van der Waals surface area contributed by atoms with Gasteiger partial charge in [-0.2, -0.15) is 0 Å². The predicted octanol–water partition coefficient (Wildman–Crippen LogP) is 2.53. The Hall–Kier alpha value is -0.830. The molecule has 0 saturated heterocycles. The topological polar surface area (TPSA) is 21.6 Å². The Kier molecular flexibility index (Phi) is 2.36. The Morgan fingerprint density at radius 2 is 2.31 bits per heavy atom. The van der Waals surface area contributed by atoms with Gasteiger partial charge in [0.1, 0.15) is 6.61 Å². The molecule has 68 valence electrons. The summed E-state index contributed by atoms with van der Waals surface area (Å²) in [6, 6.07) is 6.11. The van der Waals surface area contributed by atoms with Crippen molar-refractivity contribution in [2.45, 2.75) is 6.92 Å². The first kappa shape index (κ1) is 8.75. The molecule has 0 saturated carbocycles. The van der Waals surface area contributed by atoms with Gasteiger partial charge in [-0.1, -0.05) is 15.9 Å². The van der Waals surface area contributed by atoms with Gasteiger partial charge in [0, 0.05) is 10.0 Å². The highest BCUT2D eigenvalue weighted by Gasteiger charge is 2.12. The molecule has 1 aliphatic heterocycles. The molecule has 1 aromatic carbocycles. The first-order chi connectivity index (χ1) is 6.27. The Morgan fingerprint density at radius 1 is 1.46 bits per heavy atom. The average Bonchev–Trinajstić information content (AvgIpc) is 2.56. The van der Waals surface area contributed by atoms with Crippen molar-refractivity contribution >= 4 is 21.8 Å². The van der Waals surface area contributed by atoms with Gasteiger partial charge in [-0.15, -0.1) is 0 Å². The Balaban J connectivity index is 2.40. The van der Waals surface area contributed by atoms with E-state index >= 15 is 0 Å². The van der Waals surface area contributed by atoms with E-state index in [9.17, 15) is 0 Å². The number of nitrogens with zero attached hydrogens (tertiary/aromatic N) is 1. The lowest BCUT2D eigenvalue weighted by molar-refractivity contribution is 0.348. The molecule has 2 nitrogen and oxygen atoms in total. The minimum Gasteiger partial charge on any atom is -0.476 e. The molecular weight excluding hydrogens is 230 g/mol. The van der Waals surface area contributed by atoms with Gasteiger partial charge in [0.15, 0.2) is 0 Å². The third-order valence-corrected chi connectivity index (χ3v) is 2.50. The first-order valence-corrected chi connectivity index (χ1v) is 5.00. The number of ether oxygens (including phenoxy) is 1. The van der Waals surface area contributed by atoms with E-state index in [4.69, 9.17) is 4.74 Å². The van der Waals surface area contributed by atoms with Gasteiger partial charge in [0.2, 0.25) is 5.90 Å². The third kappa shape index (κ3) is 1.75. The lowest BCUT2D eigenvalue weighted by Gasteiger charge is -2.05. The van der Waals surface area contributed by atoms with Crippen LogP contribution in [0, 0.1) is 6.92 Å². The van der Waals surface area contributed by atoms with E-state index in [-0.39, 0.29) is 0 Å². The second-order valence-electron chi connectivity index (χ2n) is 2.99. The molecule has 0 atom stereocenters. The van der Waals surface area contributed by atoms with Gasteiger partial charge in [-0.25, -0.2) is 4.99 Å². The van der Waals surface area contributed by atoms with E-state index < -0.39 is 0 Å². The second-order valence-corrected chi connectivity index (χ2v) is 3.91. The standard InChI is InChI=1S/C10H10BrNO/c1-7-6-8(11)2-3-9(7)10-12-4-5-13-10/h2-3,6H,4-5H2,1H3. The van der Waals surface area contributed by atoms with Crippen LogP contribution in [0.3, 0.4) is 0 Å². The number of aryl methyl sites for hydroxylation is 1. The summed E-state index contributed by atoms with van der Waals surface area (Å²) < 4.78 is 6.48. The summed E-state index contributed by atoms with van der Waals surface area (Å²) in [5, 5.41) is 0. The second kappa shape index (κ2) is 3.50. The number of rotatable bonds is 1. The highest BCUT2D eigenvalue weighted by molar-refractivity contribution is 9.10. The smallest absolute Gasteiger partial charge is 0.216 e.